The molecule has 1 aliphatic rings. The highest BCUT2D eigenvalue weighted by atomic mass is 19.1. The fourth-order valence-electron chi connectivity index (χ4n) is 2.62. The molecule has 3 nitrogen and oxygen atoms in total. The van der Waals surface area contributed by atoms with Crippen molar-refractivity contribution >= 4 is 0 Å². The van der Waals surface area contributed by atoms with Gasteiger partial charge >= 0.3 is 0 Å². The molecule has 3 atom stereocenters. The van der Waals surface area contributed by atoms with Gasteiger partial charge in [0.1, 0.15) is 5.82 Å². The van der Waals surface area contributed by atoms with Gasteiger partial charge in [-0.2, -0.15) is 0 Å². The maximum absolute atomic E-state index is 13.9. The first kappa shape index (κ1) is 12.5. The van der Waals surface area contributed by atoms with Crippen molar-refractivity contribution < 1.29 is 14.2 Å². The third-order valence-electron chi connectivity index (χ3n) is 3.70. The van der Waals surface area contributed by atoms with E-state index in [1.807, 2.05) is 6.92 Å². The third-order valence-corrected chi connectivity index (χ3v) is 3.70. The number of aliphatic hydroxyl groups excluding tert-OH is 1. The van der Waals surface area contributed by atoms with E-state index in [0.29, 0.717) is 18.6 Å². The van der Waals surface area contributed by atoms with Crippen LogP contribution in [0.15, 0.2) is 24.3 Å². The number of rotatable bonds is 2. The van der Waals surface area contributed by atoms with Gasteiger partial charge in [0.05, 0.1) is 18.2 Å². The van der Waals surface area contributed by atoms with Crippen molar-refractivity contribution in [2.45, 2.75) is 25.0 Å². The van der Waals surface area contributed by atoms with Gasteiger partial charge in [-0.05, 0) is 19.4 Å². The number of hydrogen-bond acceptors (Lipinski definition) is 3. The minimum Gasteiger partial charge on any atom is -0.396 e. The number of benzene rings is 1. The van der Waals surface area contributed by atoms with Crippen LogP contribution < -0.4 is 5.73 Å². The summed E-state index contributed by atoms with van der Waals surface area (Å²) in [7, 11) is 0. The van der Waals surface area contributed by atoms with Crippen LogP contribution >= 0.6 is 0 Å². The SMILES string of the molecule is C[C@H]1OCC[C@@](N)(c2ccccc2F)[C@@H]1CO. The van der Waals surface area contributed by atoms with Gasteiger partial charge in [0.25, 0.3) is 0 Å². The molecule has 1 fully saturated rings. The molecular formula is C13H18FNO2. The number of ether oxygens (including phenoxy) is 1. The number of halogens is 1. The van der Waals surface area contributed by atoms with E-state index in [4.69, 9.17) is 10.5 Å². The normalized spacial score (nSPS) is 33.6. The summed E-state index contributed by atoms with van der Waals surface area (Å²) >= 11 is 0. The largest absolute Gasteiger partial charge is 0.396 e. The van der Waals surface area contributed by atoms with E-state index in [0.717, 1.165) is 0 Å². The van der Waals surface area contributed by atoms with Gasteiger partial charge in [0.15, 0.2) is 0 Å². The molecule has 1 saturated heterocycles. The summed E-state index contributed by atoms with van der Waals surface area (Å²) in [6.07, 6.45) is 0.349. The van der Waals surface area contributed by atoms with Gasteiger partial charge in [0.2, 0.25) is 0 Å². The average Bonchev–Trinajstić information content (AvgIpc) is 2.29. The fourth-order valence-corrected chi connectivity index (χ4v) is 2.62. The monoisotopic (exact) mass is 239 g/mol. The molecule has 0 amide bonds. The van der Waals surface area contributed by atoms with Crippen molar-refractivity contribution in [3.63, 3.8) is 0 Å². The summed E-state index contributed by atoms with van der Waals surface area (Å²) < 4.78 is 19.3. The molecule has 0 aromatic heterocycles. The molecule has 0 aliphatic carbocycles. The highest BCUT2D eigenvalue weighted by molar-refractivity contribution is 5.28. The molecule has 4 heteroatoms. The molecule has 0 radical (unpaired) electrons. The van der Waals surface area contributed by atoms with Crippen molar-refractivity contribution in [2.75, 3.05) is 13.2 Å². The molecule has 1 aliphatic heterocycles. The maximum atomic E-state index is 13.9. The summed E-state index contributed by atoms with van der Waals surface area (Å²) in [4.78, 5) is 0. The summed E-state index contributed by atoms with van der Waals surface area (Å²) in [5, 5.41) is 9.47. The highest BCUT2D eigenvalue weighted by Gasteiger charge is 2.44. The second kappa shape index (κ2) is 4.72. The summed E-state index contributed by atoms with van der Waals surface area (Å²) in [5.74, 6) is -0.601. The van der Waals surface area contributed by atoms with Gasteiger partial charge in [-0.1, -0.05) is 18.2 Å². The maximum Gasteiger partial charge on any atom is 0.128 e. The molecule has 17 heavy (non-hydrogen) atoms. The molecule has 0 unspecified atom stereocenters. The lowest BCUT2D eigenvalue weighted by Gasteiger charge is -2.44. The molecule has 0 spiro atoms. The van der Waals surface area contributed by atoms with Crippen LogP contribution in [0.1, 0.15) is 18.9 Å². The van der Waals surface area contributed by atoms with Crippen molar-refractivity contribution in [3.05, 3.63) is 35.6 Å². The summed E-state index contributed by atoms with van der Waals surface area (Å²) in [6, 6.07) is 6.50. The Bertz CT molecular complexity index is 399. The van der Waals surface area contributed by atoms with Crippen LogP contribution in [0.2, 0.25) is 0 Å². The molecule has 1 heterocycles. The van der Waals surface area contributed by atoms with E-state index < -0.39 is 5.54 Å². The lowest BCUT2D eigenvalue weighted by atomic mass is 9.73. The minimum absolute atomic E-state index is 0.105. The minimum atomic E-state index is -0.849. The number of hydrogen-bond donors (Lipinski definition) is 2. The van der Waals surface area contributed by atoms with Crippen LogP contribution in [0.3, 0.4) is 0 Å². The Balaban J connectivity index is 2.42. The Morgan fingerprint density at radius 1 is 1.53 bits per heavy atom. The van der Waals surface area contributed by atoms with Gasteiger partial charge in [0, 0.05) is 18.1 Å². The Morgan fingerprint density at radius 3 is 2.88 bits per heavy atom. The van der Waals surface area contributed by atoms with Crippen molar-refractivity contribution in [1.82, 2.24) is 0 Å². The van der Waals surface area contributed by atoms with Crippen molar-refractivity contribution in [3.8, 4) is 0 Å². The molecule has 1 aromatic carbocycles. The third kappa shape index (κ3) is 2.08. The van der Waals surface area contributed by atoms with Crippen LogP contribution in [0, 0.1) is 11.7 Å². The zero-order valence-corrected chi connectivity index (χ0v) is 9.90. The lowest BCUT2D eigenvalue weighted by Crippen LogP contribution is -2.55. The molecule has 0 bridgehead atoms. The molecule has 94 valence electrons. The van der Waals surface area contributed by atoms with Crippen LogP contribution in [-0.4, -0.2) is 24.4 Å². The Morgan fingerprint density at radius 2 is 2.24 bits per heavy atom. The van der Waals surface area contributed by atoms with E-state index in [9.17, 15) is 9.50 Å². The standard InChI is InChI=1S/C13H18FNO2/c1-9-11(8-16)13(15,6-7-17-9)10-4-2-3-5-12(10)14/h2-5,9,11,16H,6-8,15H2,1H3/t9-,11-,13-/m1/s1. The van der Waals surface area contributed by atoms with Gasteiger partial charge < -0.3 is 15.6 Å². The zero-order valence-electron chi connectivity index (χ0n) is 9.90. The second-order valence-corrected chi connectivity index (χ2v) is 4.64. The van der Waals surface area contributed by atoms with Crippen LogP contribution in [0.4, 0.5) is 4.39 Å². The summed E-state index contributed by atoms with van der Waals surface area (Å²) in [5.41, 5.74) is 5.96. The van der Waals surface area contributed by atoms with Crippen molar-refractivity contribution in [2.24, 2.45) is 11.7 Å². The van der Waals surface area contributed by atoms with Gasteiger partial charge in [-0.25, -0.2) is 4.39 Å². The Hall–Kier alpha value is -0.970. The van der Waals surface area contributed by atoms with E-state index in [-0.39, 0.29) is 24.4 Å². The van der Waals surface area contributed by atoms with Crippen LogP contribution in [0.25, 0.3) is 0 Å². The first-order valence-electron chi connectivity index (χ1n) is 5.86. The van der Waals surface area contributed by atoms with E-state index >= 15 is 0 Å². The summed E-state index contributed by atoms with van der Waals surface area (Å²) in [6.45, 7) is 2.25. The first-order valence-corrected chi connectivity index (χ1v) is 5.86. The molecule has 3 N–H and O–H groups in total. The van der Waals surface area contributed by atoms with E-state index in [1.54, 1.807) is 18.2 Å². The lowest BCUT2D eigenvalue weighted by molar-refractivity contribution is -0.0783. The highest BCUT2D eigenvalue weighted by Crippen LogP contribution is 2.38. The van der Waals surface area contributed by atoms with Crippen molar-refractivity contribution in [1.29, 1.82) is 0 Å². The smallest absolute Gasteiger partial charge is 0.128 e. The van der Waals surface area contributed by atoms with Crippen LogP contribution in [-0.2, 0) is 10.3 Å². The van der Waals surface area contributed by atoms with Gasteiger partial charge in [-0.15, -0.1) is 0 Å². The predicted molar refractivity (Wildman–Crippen MR) is 62.9 cm³/mol. The first-order chi connectivity index (χ1) is 8.09. The fraction of sp³-hybridized carbons (Fsp3) is 0.538. The number of aliphatic hydroxyl groups is 1. The molecule has 2 rings (SSSR count). The van der Waals surface area contributed by atoms with E-state index in [2.05, 4.69) is 0 Å². The topological polar surface area (TPSA) is 55.5 Å². The predicted octanol–water partition coefficient (Wildman–Crippen LogP) is 1.40. The van der Waals surface area contributed by atoms with E-state index in [1.165, 1.54) is 6.07 Å². The van der Waals surface area contributed by atoms with Crippen LogP contribution in [0.5, 0.6) is 0 Å². The Labute approximate surface area is 100 Å². The van der Waals surface area contributed by atoms with Gasteiger partial charge in [-0.3, -0.25) is 0 Å². The molecular weight excluding hydrogens is 221 g/mol. The quantitative estimate of drug-likeness (QED) is 0.820. The zero-order chi connectivity index (χ0) is 12.5. The molecule has 1 aromatic rings. The number of nitrogens with two attached hydrogens (primary N) is 1. The molecule has 0 saturated carbocycles. The average molecular weight is 239 g/mol. The Kier molecular flexibility index (Phi) is 3.47. The second-order valence-electron chi connectivity index (χ2n) is 4.64.